The summed E-state index contributed by atoms with van der Waals surface area (Å²) in [5.74, 6) is -0.0692. The molecule has 0 saturated heterocycles. The van der Waals surface area contributed by atoms with E-state index in [9.17, 15) is 4.79 Å². The molecule has 1 aliphatic rings. The first kappa shape index (κ1) is 8.99. The largest absolute Gasteiger partial charge is 0.480 e. The number of amidine groups is 1. The predicted molar refractivity (Wildman–Crippen MR) is 45.1 cm³/mol. The number of rotatable bonds is 4. The van der Waals surface area contributed by atoms with Gasteiger partial charge < -0.3 is 16.2 Å². The molecule has 0 radical (unpaired) electrons. The van der Waals surface area contributed by atoms with Gasteiger partial charge in [0, 0.05) is 13.0 Å². The second-order valence-electron chi connectivity index (χ2n) is 2.74. The molecule has 4 N–H and O–H groups in total. The van der Waals surface area contributed by atoms with Crippen LogP contribution in [-0.4, -0.2) is 36.0 Å². The standard InChI is InChI=1S/C7H13N3O2/c8-5(7(11)12)1-2-6-9-3-4-10-6/h5H,1-4,8H2,(H,9,10)(H,11,12)/t5-/m0/s1. The molecule has 12 heavy (non-hydrogen) atoms. The Morgan fingerprint density at radius 1 is 1.83 bits per heavy atom. The lowest BCUT2D eigenvalue weighted by Crippen LogP contribution is -2.31. The molecule has 68 valence electrons. The second-order valence-corrected chi connectivity index (χ2v) is 2.74. The molecule has 5 heteroatoms. The van der Waals surface area contributed by atoms with Crippen LogP contribution in [0.2, 0.25) is 0 Å². The van der Waals surface area contributed by atoms with Crippen LogP contribution in [0.15, 0.2) is 4.99 Å². The van der Waals surface area contributed by atoms with Crippen molar-refractivity contribution in [2.45, 2.75) is 18.9 Å². The van der Waals surface area contributed by atoms with Crippen molar-refractivity contribution in [2.24, 2.45) is 10.7 Å². The highest BCUT2D eigenvalue weighted by molar-refractivity contribution is 5.84. The third kappa shape index (κ3) is 2.50. The summed E-state index contributed by atoms with van der Waals surface area (Å²) in [7, 11) is 0. The Morgan fingerprint density at radius 3 is 3.08 bits per heavy atom. The van der Waals surface area contributed by atoms with Crippen molar-refractivity contribution in [3.8, 4) is 0 Å². The van der Waals surface area contributed by atoms with Gasteiger partial charge in [-0.1, -0.05) is 0 Å². The zero-order valence-corrected chi connectivity index (χ0v) is 6.79. The van der Waals surface area contributed by atoms with E-state index >= 15 is 0 Å². The zero-order valence-electron chi connectivity index (χ0n) is 6.79. The molecule has 0 saturated carbocycles. The fourth-order valence-electron chi connectivity index (χ4n) is 1.03. The molecule has 1 atom stereocenters. The van der Waals surface area contributed by atoms with Crippen LogP contribution in [0.4, 0.5) is 0 Å². The first-order chi connectivity index (χ1) is 5.70. The van der Waals surface area contributed by atoms with Crippen molar-refractivity contribution >= 4 is 11.8 Å². The maximum atomic E-state index is 10.3. The topological polar surface area (TPSA) is 87.7 Å². The molecule has 0 amide bonds. The van der Waals surface area contributed by atoms with E-state index in [1.54, 1.807) is 0 Å². The van der Waals surface area contributed by atoms with Gasteiger partial charge in [0.05, 0.1) is 12.4 Å². The van der Waals surface area contributed by atoms with Crippen LogP contribution in [0.3, 0.4) is 0 Å². The summed E-state index contributed by atoms with van der Waals surface area (Å²) in [6, 6.07) is -0.768. The maximum absolute atomic E-state index is 10.3. The van der Waals surface area contributed by atoms with Gasteiger partial charge in [-0.3, -0.25) is 9.79 Å². The number of nitrogens with two attached hydrogens (primary N) is 1. The summed E-state index contributed by atoms with van der Waals surface area (Å²) in [6.07, 6.45) is 1.08. The Morgan fingerprint density at radius 2 is 2.58 bits per heavy atom. The van der Waals surface area contributed by atoms with Crippen molar-refractivity contribution in [1.82, 2.24) is 5.32 Å². The van der Waals surface area contributed by atoms with Crippen LogP contribution >= 0.6 is 0 Å². The Bertz CT molecular complexity index is 203. The van der Waals surface area contributed by atoms with Crippen LogP contribution in [-0.2, 0) is 4.79 Å². The number of nitrogens with zero attached hydrogens (tertiary/aromatic N) is 1. The molecule has 0 aromatic heterocycles. The monoisotopic (exact) mass is 171 g/mol. The average Bonchev–Trinajstić information content (AvgIpc) is 2.51. The molecule has 0 spiro atoms. The number of carbonyl (C=O) groups is 1. The van der Waals surface area contributed by atoms with Crippen molar-refractivity contribution in [3.63, 3.8) is 0 Å². The number of carboxylic acids is 1. The molecule has 0 aromatic carbocycles. The third-order valence-electron chi connectivity index (χ3n) is 1.75. The average molecular weight is 171 g/mol. The Labute approximate surface area is 70.7 Å². The number of nitrogens with one attached hydrogen (secondary N) is 1. The van der Waals surface area contributed by atoms with Gasteiger partial charge in [-0.05, 0) is 6.42 Å². The molecule has 0 bridgehead atoms. The molecule has 1 heterocycles. The Hall–Kier alpha value is -1.10. The molecule has 0 aliphatic carbocycles. The summed E-state index contributed by atoms with van der Waals surface area (Å²) in [6.45, 7) is 1.65. The number of aliphatic imine (C=N–C) groups is 1. The summed E-state index contributed by atoms with van der Waals surface area (Å²) in [5.41, 5.74) is 5.31. The minimum absolute atomic E-state index is 0.446. The predicted octanol–water partition coefficient (Wildman–Crippen LogP) is -0.820. The van der Waals surface area contributed by atoms with Crippen molar-refractivity contribution in [1.29, 1.82) is 0 Å². The maximum Gasteiger partial charge on any atom is 0.320 e. The number of aliphatic carboxylic acids is 1. The molecule has 0 fully saturated rings. The minimum Gasteiger partial charge on any atom is -0.480 e. The van der Waals surface area contributed by atoms with Crippen LogP contribution in [0.5, 0.6) is 0 Å². The number of hydrogen-bond donors (Lipinski definition) is 3. The molecule has 5 nitrogen and oxygen atoms in total. The number of hydrogen-bond acceptors (Lipinski definition) is 4. The van der Waals surface area contributed by atoms with E-state index in [1.165, 1.54) is 0 Å². The van der Waals surface area contributed by atoms with Gasteiger partial charge in [-0.25, -0.2) is 0 Å². The molecule has 0 unspecified atom stereocenters. The van der Waals surface area contributed by atoms with Crippen LogP contribution in [0.1, 0.15) is 12.8 Å². The summed E-state index contributed by atoms with van der Waals surface area (Å²) < 4.78 is 0. The lowest BCUT2D eigenvalue weighted by Gasteiger charge is -2.05. The lowest BCUT2D eigenvalue weighted by atomic mass is 10.1. The SMILES string of the molecule is N[C@@H](CCC1=NCCN1)C(=O)O. The van der Waals surface area contributed by atoms with Crippen LogP contribution in [0, 0.1) is 0 Å². The van der Waals surface area contributed by atoms with Gasteiger partial charge in [-0.15, -0.1) is 0 Å². The molecule has 1 aliphatic heterocycles. The van der Waals surface area contributed by atoms with Gasteiger partial charge in [0.15, 0.2) is 0 Å². The van der Waals surface area contributed by atoms with E-state index in [1.807, 2.05) is 0 Å². The van der Waals surface area contributed by atoms with Gasteiger partial charge in [-0.2, -0.15) is 0 Å². The number of carboxylic acid groups (broad SMARTS) is 1. The van der Waals surface area contributed by atoms with Gasteiger partial charge in [0.1, 0.15) is 6.04 Å². The van der Waals surface area contributed by atoms with E-state index in [0.29, 0.717) is 12.8 Å². The van der Waals surface area contributed by atoms with Crippen molar-refractivity contribution < 1.29 is 9.90 Å². The quantitative estimate of drug-likeness (QED) is 0.515. The van der Waals surface area contributed by atoms with Crippen molar-refractivity contribution in [2.75, 3.05) is 13.1 Å². The van der Waals surface area contributed by atoms with Gasteiger partial charge in [0.25, 0.3) is 0 Å². The van der Waals surface area contributed by atoms with E-state index in [-0.39, 0.29) is 0 Å². The van der Waals surface area contributed by atoms with Crippen LogP contribution in [0.25, 0.3) is 0 Å². The minimum atomic E-state index is -0.950. The van der Waals surface area contributed by atoms with Crippen molar-refractivity contribution in [3.05, 3.63) is 0 Å². The highest BCUT2D eigenvalue weighted by Crippen LogP contribution is 1.98. The molecular weight excluding hydrogens is 158 g/mol. The summed E-state index contributed by atoms with van der Waals surface area (Å²) in [5, 5.41) is 11.5. The summed E-state index contributed by atoms with van der Waals surface area (Å²) in [4.78, 5) is 14.4. The molecule has 0 aromatic rings. The fourth-order valence-corrected chi connectivity index (χ4v) is 1.03. The second kappa shape index (κ2) is 4.06. The first-order valence-electron chi connectivity index (χ1n) is 3.95. The van der Waals surface area contributed by atoms with E-state index in [0.717, 1.165) is 18.9 Å². The van der Waals surface area contributed by atoms with Crippen LogP contribution < -0.4 is 11.1 Å². The van der Waals surface area contributed by atoms with E-state index in [4.69, 9.17) is 10.8 Å². The highest BCUT2D eigenvalue weighted by Gasteiger charge is 2.13. The fraction of sp³-hybridized carbons (Fsp3) is 0.714. The Kier molecular flexibility index (Phi) is 3.04. The van der Waals surface area contributed by atoms with E-state index < -0.39 is 12.0 Å². The first-order valence-corrected chi connectivity index (χ1v) is 3.95. The van der Waals surface area contributed by atoms with Gasteiger partial charge in [0.2, 0.25) is 0 Å². The highest BCUT2D eigenvalue weighted by atomic mass is 16.4. The third-order valence-corrected chi connectivity index (χ3v) is 1.75. The van der Waals surface area contributed by atoms with E-state index in [2.05, 4.69) is 10.3 Å². The molecular formula is C7H13N3O2. The molecule has 1 rings (SSSR count). The normalized spacial score (nSPS) is 18.2. The zero-order chi connectivity index (χ0) is 8.97. The smallest absolute Gasteiger partial charge is 0.320 e. The summed E-state index contributed by atoms with van der Waals surface area (Å²) >= 11 is 0. The lowest BCUT2D eigenvalue weighted by molar-refractivity contribution is -0.138. The Balaban J connectivity index is 2.20. The van der Waals surface area contributed by atoms with Gasteiger partial charge >= 0.3 is 5.97 Å².